The van der Waals surface area contributed by atoms with E-state index in [1.807, 2.05) is 0 Å². The van der Waals surface area contributed by atoms with Gasteiger partial charge in [-0.15, -0.1) is 0 Å². The van der Waals surface area contributed by atoms with Crippen molar-refractivity contribution < 1.29 is 39.6 Å². The Morgan fingerprint density at radius 1 is 0.618 bits per heavy atom. The summed E-state index contributed by atoms with van der Waals surface area (Å²) in [6.07, 6.45) is 14.9. The van der Waals surface area contributed by atoms with Crippen LogP contribution in [-0.2, 0) is 19.2 Å². The average Bonchev–Trinajstić information content (AvgIpc) is 2.92. The molecule has 0 saturated heterocycles. The minimum absolute atomic E-state index is 0.188. The molecule has 0 radical (unpaired) electrons. The first-order valence-corrected chi connectivity index (χ1v) is 13.0. The molecule has 1 fully saturated rings. The molecule has 8 heteroatoms. The molecule has 34 heavy (non-hydrogen) atoms. The Kier molecular flexibility index (Phi) is 14.5. The molecule has 0 aromatic heterocycles. The molecule has 8 nitrogen and oxygen atoms in total. The van der Waals surface area contributed by atoms with Crippen LogP contribution in [0.4, 0.5) is 0 Å². The van der Waals surface area contributed by atoms with Crippen molar-refractivity contribution in [3.8, 4) is 0 Å². The number of unbranched alkanes of at least 4 members (excludes halogenated alkanes) is 6. The van der Waals surface area contributed by atoms with Crippen molar-refractivity contribution in [1.29, 1.82) is 0 Å². The number of carbonyl (C=O) groups is 4. The van der Waals surface area contributed by atoms with Gasteiger partial charge < -0.3 is 20.4 Å². The third kappa shape index (κ3) is 11.8. The van der Waals surface area contributed by atoms with Crippen LogP contribution in [0.2, 0.25) is 0 Å². The topological polar surface area (TPSA) is 149 Å². The van der Waals surface area contributed by atoms with Crippen LogP contribution in [0.15, 0.2) is 0 Å². The van der Waals surface area contributed by atoms with E-state index in [2.05, 4.69) is 6.92 Å². The average molecular weight is 485 g/mol. The van der Waals surface area contributed by atoms with Crippen molar-refractivity contribution in [3.63, 3.8) is 0 Å². The van der Waals surface area contributed by atoms with E-state index in [1.165, 1.54) is 25.7 Å². The van der Waals surface area contributed by atoms with Gasteiger partial charge >= 0.3 is 23.9 Å². The van der Waals surface area contributed by atoms with Gasteiger partial charge in [-0.2, -0.15) is 0 Å². The summed E-state index contributed by atoms with van der Waals surface area (Å²) in [7, 11) is 0. The normalized spacial score (nSPS) is 20.9. The molecule has 0 amide bonds. The Morgan fingerprint density at radius 2 is 1.03 bits per heavy atom. The Labute approximate surface area is 203 Å². The molecular weight excluding hydrogens is 440 g/mol. The van der Waals surface area contributed by atoms with Gasteiger partial charge in [-0.25, -0.2) is 0 Å². The van der Waals surface area contributed by atoms with Gasteiger partial charge in [-0.3, -0.25) is 19.2 Å². The molecule has 3 atom stereocenters. The van der Waals surface area contributed by atoms with Crippen molar-refractivity contribution in [1.82, 2.24) is 0 Å². The number of hydrogen-bond donors (Lipinski definition) is 4. The Bertz CT molecular complexity index is 619. The highest BCUT2D eigenvalue weighted by atomic mass is 16.4. The van der Waals surface area contributed by atoms with Crippen LogP contribution in [0.3, 0.4) is 0 Å². The summed E-state index contributed by atoms with van der Waals surface area (Å²) in [6, 6.07) is 0. The summed E-state index contributed by atoms with van der Waals surface area (Å²) in [5.41, 5.74) is 0. The lowest BCUT2D eigenvalue weighted by Gasteiger charge is -2.26. The predicted molar refractivity (Wildman–Crippen MR) is 128 cm³/mol. The molecule has 1 rings (SSSR count). The van der Waals surface area contributed by atoms with Gasteiger partial charge in [0, 0.05) is 0 Å². The number of hydrogen-bond acceptors (Lipinski definition) is 4. The minimum atomic E-state index is -1.30. The monoisotopic (exact) mass is 484 g/mol. The van der Waals surface area contributed by atoms with Gasteiger partial charge in [0.1, 0.15) is 0 Å². The van der Waals surface area contributed by atoms with Crippen LogP contribution in [-0.4, -0.2) is 44.3 Å². The fourth-order valence-corrected chi connectivity index (χ4v) is 5.45. The lowest BCUT2D eigenvalue weighted by Crippen LogP contribution is -2.23. The van der Waals surface area contributed by atoms with Gasteiger partial charge in [0.05, 0.1) is 0 Å². The Morgan fingerprint density at radius 3 is 1.47 bits per heavy atom. The Hall–Kier alpha value is -2.12. The van der Waals surface area contributed by atoms with E-state index in [0.717, 1.165) is 57.3 Å². The molecule has 0 aromatic carbocycles. The van der Waals surface area contributed by atoms with E-state index < -0.39 is 35.7 Å². The van der Waals surface area contributed by atoms with Crippen LogP contribution in [0.25, 0.3) is 0 Å². The van der Waals surface area contributed by atoms with Crippen molar-refractivity contribution in [2.45, 2.75) is 110 Å². The second-order valence-electron chi connectivity index (χ2n) is 10.2. The summed E-state index contributed by atoms with van der Waals surface area (Å²) in [5, 5.41) is 35.8. The van der Waals surface area contributed by atoms with E-state index in [4.69, 9.17) is 20.4 Å². The highest BCUT2D eigenvalue weighted by Gasteiger charge is 2.27. The lowest BCUT2D eigenvalue weighted by atomic mass is 9.79. The van der Waals surface area contributed by atoms with Crippen molar-refractivity contribution in [2.75, 3.05) is 0 Å². The van der Waals surface area contributed by atoms with E-state index in [9.17, 15) is 19.2 Å². The minimum Gasteiger partial charge on any atom is -0.481 e. The van der Waals surface area contributed by atoms with Crippen molar-refractivity contribution >= 4 is 23.9 Å². The van der Waals surface area contributed by atoms with Crippen LogP contribution >= 0.6 is 0 Å². The molecule has 1 aliphatic carbocycles. The van der Waals surface area contributed by atoms with Gasteiger partial charge in [0.15, 0.2) is 11.8 Å². The summed E-state index contributed by atoms with van der Waals surface area (Å²) >= 11 is 0. The standard InChI is InChI=1S/C26H44O8/c1-18-11-10-14-19(12-6-2-4-8-15-21(23(27)28)24(29)30)20(17-18)13-7-3-5-9-16-22(25(31)32)26(33)34/h18-22H,2-17H2,1H3,(H,27,28)(H,29,30)(H,31,32)(H,33,34). The molecule has 0 bridgehead atoms. The van der Waals surface area contributed by atoms with Gasteiger partial charge in [-0.1, -0.05) is 90.4 Å². The SMILES string of the molecule is CC1CCCC(CCCCCCC(C(=O)O)C(=O)O)C(CCCCCCC(C(=O)O)C(=O)O)C1. The fourth-order valence-electron chi connectivity index (χ4n) is 5.45. The van der Waals surface area contributed by atoms with Crippen LogP contribution in [0, 0.1) is 29.6 Å². The van der Waals surface area contributed by atoms with Crippen molar-refractivity contribution in [3.05, 3.63) is 0 Å². The van der Waals surface area contributed by atoms with Gasteiger partial charge in [0.2, 0.25) is 0 Å². The number of aliphatic carboxylic acids is 4. The maximum Gasteiger partial charge on any atom is 0.317 e. The first kappa shape index (κ1) is 29.9. The number of rotatable bonds is 18. The third-order valence-electron chi connectivity index (χ3n) is 7.47. The second kappa shape index (κ2) is 16.5. The third-order valence-corrected chi connectivity index (χ3v) is 7.47. The molecule has 3 unspecified atom stereocenters. The first-order chi connectivity index (χ1) is 16.1. The van der Waals surface area contributed by atoms with E-state index in [1.54, 1.807) is 0 Å². The van der Waals surface area contributed by atoms with Gasteiger partial charge in [-0.05, 0) is 37.0 Å². The van der Waals surface area contributed by atoms with Crippen LogP contribution in [0.1, 0.15) is 110 Å². The number of carboxylic acids is 4. The zero-order chi connectivity index (χ0) is 25.5. The van der Waals surface area contributed by atoms with Crippen LogP contribution < -0.4 is 0 Å². The molecular formula is C26H44O8. The smallest absolute Gasteiger partial charge is 0.317 e. The molecule has 196 valence electrons. The second-order valence-corrected chi connectivity index (χ2v) is 10.2. The fraction of sp³-hybridized carbons (Fsp3) is 0.846. The molecule has 4 N–H and O–H groups in total. The molecule has 0 aliphatic heterocycles. The van der Waals surface area contributed by atoms with Gasteiger partial charge in [0.25, 0.3) is 0 Å². The Balaban J connectivity index is 2.33. The first-order valence-electron chi connectivity index (χ1n) is 13.0. The summed E-state index contributed by atoms with van der Waals surface area (Å²) in [5.74, 6) is -5.52. The molecule has 1 aliphatic rings. The largest absolute Gasteiger partial charge is 0.481 e. The summed E-state index contributed by atoms with van der Waals surface area (Å²) in [4.78, 5) is 43.9. The maximum atomic E-state index is 11.0. The zero-order valence-corrected chi connectivity index (χ0v) is 20.6. The maximum absolute atomic E-state index is 11.0. The van der Waals surface area contributed by atoms with Crippen molar-refractivity contribution in [2.24, 2.45) is 29.6 Å². The zero-order valence-electron chi connectivity index (χ0n) is 20.6. The lowest BCUT2D eigenvalue weighted by molar-refractivity contribution is -0.156. The summed E-state index contributed by atoms with van der Waals surface area (Å²) < 4.78 is 0. The van der Waals surface area contributed by atoms with E-state index in [0.29, 0.717) is 24.7 Å². The molecule has 0 heterocycles. The van der Waals surface area contributed by atoms with Crippen LogP contribution in [0.5, 0.6) is 0 Å². The summed E-state index contributed by atoms with van der Waals surface area (Å²) in [6.45, 7) is 2.33. The molecule has 1 saturated carbocycles. The predicted octanol–water partition coefficient (Wildman–Crippen LogP) is 5.68. The van der Waals surface area contributed by atoms with E-state index >= 15 is 0 Å². The highest BCUT2D eigenvalue weighted by Crippen LogP contribution is 2.38. The number of carboxylic acid groups (broad SMARTS) is 4. The quantitative estimate of drug-likeness (QED) is 0.110. The molecule has 0 spiro atoms. The molecule has 0 aromatic rings. The van der Waals surface area contributed by atoms with E-state index in [-0.39, 0.29) is 12.8 Å². The highest BCUT2D eigenvalue weighted by molar-refractivity contribution is 5.93.